The van der Waals surface area contributed by atoms with Crippen molar-refractivity contribution in [1.82, 2.24) is 4.90 Å². The minimum absolute atomic E-state index is 0.156. The number of nitrogens with zero attached hydrogens (tertiary/aromatic N) is 1. The highest BCUT2D eigenvalue weighted by molar-refractivity contribution is 9.10. The van der Waals surface area contributed by atoms with E-state index in [-0.39, 0.29) is 11.8 Å². The molecule has 130 valence electrons. The number of hydrogen-bond donors (Lipinski definition) is 1. The van der Waals surface area contributed by atoms with E-state index in [1.165, 1.54) is 4.90 Å². The standard InChI is InChI=1S/C20H20BrNO3/c1-2-19(25)11-20(12-19,13-7-9-14(21)10-8-13)22-17(23)15-5-3-4-6-16(15)18(22)24/h3-10,15-16,25H,2,11-12H2,1H3. The van der Waals surface area contributed by atoms with E-state index in [0.717, 1.165) is 10.0 Å². The molecule has 2 fully saturated rings. The minimum Gasteiger partial charge on any atom is -0.390 e. The van der Waals surface area contributed by atoms with Crippen LogP contribution in [-0.4, -0.2) is 27.4 Å². The summed E-state index contributed by atoms with van der Waals surface area (Å²) in [4.78, 5) is 27.6. The van der Waals surface area contributed by atoms with E-state index in [1.54, 1.807) is 0 Å². The maximum Gasteiger partial charge on any atom is 0.238 e. The lowest BCUT2D eigenvalue weighted by Crippen LogP contribution is -2.64. The minimum atomic E-state index is -0.826. The van der Waals surface area contributed by atoms with Crippen LogP contribution in [0, 0.1) is 11.8 Å². The van der Waals surface area contributed by atoms with Crippen LogP contribution in [0.1, 0.15) is 31.7 Å². The van der Waals surface area contributed by atoms with Gasteiger partial charge in [0.1, 0.15) is 0 Å². The number of imide groups is 1. The van der Waals surface area contributed by atoms with Crippen molar-refractivity contribution >= 4 is 27.7 Å². The number of likely N-dealkylation sites (tertiary alicyclic amines) is 1. The highest BCUT2D eigenvalue weighted by atomic mass is 79.9. The summed E-state index contributed by atoms with van der Waals surface area (Å²) in [5.41, 5.74) is -0.673. The number of carbonyl (C=O) groups is 2. The van der Waals surface area contributed by atoms with Crippen LogP contribution < -0.4 is 0 Å². The number of benzene rings is 1. The number of amides is 2. The van der Waals surface area contributed by atoms with Gasteiger partial charge in [-0.15, -0.1) is 0 Å². The van der Waals surface area contributed by atoms with Gasteiger partial charge in [0.2, 0.25) is 11.8 Å². The zero-order valence-electron chi connectivity index (χ0n) is 14.0. The first-order valence-electron chi connectivity index (χ1n) is 8.62. The zero-order valence-corrected chi connectivity index (χ0v) is 15.6. The molecule has 3 aliphatic rings. The highest BCUT2D eigenvalue weighted by Gasteiger charge is 2.63. The Hall–Kier alpha value is -1.72. The Morgan fingerprint density at radius 1 is 1.08 bits per heavy atom. The zero-order chi connectivity index (χ0) is 17.8. The lowest BCUT2D eigenvalue weighted by atomic mass is 9.60. The van der Waals surface area contributed by atoms with E-state index in [2.05, 4.69) is 15.9 Å². The van der Waals surface area contributed by atoms with Crippen molar-refractivity contribution in [3.8, 4) is 0 Å². The molecule has 0 radical (unpaired) electrons. The van der Waals surface area contributed by atoms with Gasteiger partial charge >= 0.3 is 0 Å². The van der Waals surface area contributed by atoms with Gasteiger partial charge < -0.3 is 5.11 Å². The average Bonchev–Trinajstić information content (AvgIpc) is 2.85. The molecule has 1 aromatic carbocycles. The molecule has 4 rings (SSSR count). The molecule has 2 unspecified atom stereocenters. The monoisotopic (exact) mass is 401 g/mol. The van der Waals surface area contributed by atoms with Crippen molar-refractivity contribution in [1.29, 1.82) is 0 Å². The molecule has 0 aromatic heterocycles. The van der Waals surface area contributed by atoms with Crippen LogP contribution in [0.2, 0.25) is 0 Å². The fourth-order valence-electron chi connectivity index (χ4n) is 4.45. The molecule has 2 atom stereocenters. The Morgan fingerprint density at radius 2 is 1.60 bits per heavy atom. The van der Waals surface area contributed by atoms with Crippen molar-refractivity contribution < 1.29 is 14.7 Å². The van der Waals surface area contributed by atoms with Crippen LogP contribution in [0.25, 0.3) is 0 Å². The largest absolute Gasteiger partial charge is 0.390 e. The Kier molecular flexibility index (Phi) is 3.78. The smallest absolute Gasteiger partial charge is 0.238 e. The molecule has 1 heterocycles. The van der Waals surface area contributed by atoms with Gasteiger partial charge in [-0.1, -0.05) is 59.3 Å². The third-order valence-electron chi connectivity index (χ3n) is 5.86. The number of carbonyl (C=O) groups excluding carboxylic acids is 2. The van der Waals surface area contributed by atoms with Gasteiger partial charge in [-0.2, -0.15) is 0 Å². The third kappa shape index (κ3) is 2.36. The molecule has 0 bridgehead atoms. The number of halogens is 1. The second-order valence-corrected chi connectivity index (χ2v) is 8.22. The van der Waals surface area contributed by atoms with E-state index < -0.39 is 23.0 Å². The van der Waals surface area contributed by atoms with Gasteiger partial charge in [-0.3, -0.25) is 14.5 Å². The first kappa shape index (κ1) is 16.7. The Balaban J connectivity index is 1.78. The summed E-state index contributed by atoms with van der Waals surface area (Å²) in [6, 6.07) is 7.71. The number of allylic oxidation sites excluding steroid dienone is 2. The van der Waals surface area contributed by atoms with Crippen molar-refractivity contribution in [2.24, 2.45) is 11.8 Å². The molecule has 4 nitrogen and oxygen atoms in total. The summed E-state index contributed by atoms with van der Waals surface area (Å²) in [6.45, 7) is 1.93. The summed E-state index contributed by atoms with van der Waals surface area (Å²) in [7, 11) is 0. The first-order valence-corrected chi connectivity index (χ1v) is 9.41. The van der Waals surface area contributed by atoms with Crippen molar-refractivity contribution in [2.75, 3.05) is 0 Å². The molecule has 1 saturated carbocycles. The van der Waals surface area contributed by atoms with Crippen LogP contribution in [-0.2, 0) is 15.1 Å². The summed E-state index contributed by atoms with van der Waals surface area (Å²) in [5, 5.41) is 10.7. The van der Waals surface area contributed by atoms with E-state index in [9.17, 15) is 14.7 Å². The maximum atomic E-state index is 13.1. The van der Waals surface area contributed by atoms with E-state index in [1.807, 2.05) is 55.5 Å². The molecular formula is C20H20BrNO3. The summed E-state index contributed by atoms with van der Waals surface area (Å²) in [6.07, 6.45) is 8.66. The SMILES string of the molecule is CCC1(O)CC(c2ccc(Br)cc2)(N2C(=O)C3C=CC=CC3C2=O)C1. The summed E-state index contributed by atoms with van der Waals surface area (Å²) in [5.74, 6) is -1.14. The lowest BCUT2D eigenvalue weighted by Gasteiger charge is -2.57. The first-order chi connectivity index (χ1) is 11.9. The molecule has 2 amide bonds. The van der Waals surface area contributed by atoms with Gasteiger partial charge in [0, 0.05) is 17.3 Å². The van der Waals surface area contributed by atoms with Crippen LogP contribution in [0.3, 0.4) is 0 Å². The Bertz CT molecular complexity index is 760. The lowest BCUT2D eigenvalue weighted by molar-refractivity contribution is -0.176. The van der Waals surface area contributed by atoms with Crippen LogP contribution in [0.15, 0.2) is 53.0 Å². The van der Waals surface area contributed by atoms with Gasteiger partial charge in [-0.25, -0.2) is 0 Å². The summed E-state index contributed by atoms with van der Waals surface area (Å²) >= 11 is 3.43. The fraction of sp³-hybridized carbons (Fsp3) is 0.400. The maximum absolute atomic E-state index is 13.1. The second-order valence-electron chi connectivity index (χ2n) is 7.30. The van der Waals surface area contributed by atoms with Crippen LogP contribution >= 0.6 is 15.9 Å². The fourth-order valence-corrected chi connectivity index (χ4v) is 4.71. The molecule has 1 aromatic rings. The molecule has 1 aliphatic heterocycles. The number of hydrogen-bond acceptors (Lipinski definition) is 3. The normalized spacial score (nSPS) is 36.5. The molecule has 25 heavy (non-hydrogen) atoms. The Morgan fingerprint density at radius 3 is 2.08 bits per heavy atom. The molecule has 2 aliphatic carbocycles. The average molecular weight is 402 g/mol. The van der Waals surface area contributed by atoms with Crippen LogP contribution in [0.4, 0.5) is 0 Å². The van der Waals surface area contributed by atoms with Gasteiger partial charge in [0.05, 0.1) is 23.0 Å². The number of rotatable bonds is 3. The second kappa shape index (κ2) is 5.64. The van der Waals surface area contributed by atoms with Gasteiger partial charge in [0.15, 0.2) is 0 Å². The number of fused-ring (bicyclic) bond motifs is 1. The topological polar surface area (TPSA) is 57.6 Å². The quantitative estimate of drug-likeness (QED) is 0.790. The van der Waals surface area contributed by atoms with Crippen molar-refractivity contribution in [3.05, 3.63) is 58.6 Å². The molecule has 1 saturated heterocycles. The van der Waals surface area contributed by atoms with E-state index in [4.69, 9.17) is 0 Å². The van der Waals surface area contributed by atoms with Crippen LogP contribution in [0.5, 0.6) is 0 Å². The third-order valence-corrected chi connectivity index (χ3v) is 6.39. The Labute approximate surface area is 155 Å². The highest BCUT2D eigenvalue weighted by Crippen LogP contribution is 2.56. The number of aliphatic hydroxyl groups is 1. The van der Waals surface area contributed by atoms with E-state index >= 15 is 0 Å². The molecule has 1 N–H and O–H groups in total. The predicted octanol–water partition coefficient (Wildman–Crippen LogP) is 3.31. The van der Waals surface area contributed by atoms with Gasteiger partial charge in [-0.05, 0) is 24.1 Å². The van der Waals surface area contributed by atoms with Gasteiger partial charge in [0.25, 0.3) is 0 Å². The summed E-state index contributed by atoms with van der Waals surface area (Å²) < 4.78 is 0.940. The van der Waals surface area contributed by atoms with Crippen molar-refractivity contribution in [2.45, 2.75) is 37.3 Å². The van der Waals surface area contributed by atoms with E-state index in [0.29, 0.717) is 19.3 Å². The molecular weight excluding hydrogens is 382 g/mol. The van der Waals surface area contributed by atoms with Crippen molar-refractivity contribution in [3.63, 3.8) is 0 Å². The molecule has 0 spiro atoms. The predicted molar refractivity (Wildman–Crippen MR) is 97.4 cm³/mol. The molecule has 5 heteroatoms.